The van der Waals surface area contributed by atoms with Crippen LogP contribution in [0.15, 0.2) is 24.3 Å². The van der Waals surface area contributed by atoms with Crippen LogP contribution in [-0.4, -0.2) is 59.4 Å². The molecular weight excluding hydrogens is 344 g/mol. The number of rotatable bonds is 5. The number of piperidine rings is 1. The van der Waals surface area contributed by atoms with Crippen LogP contribution in [-0.2, 0) is 14.4 Å². The average molecular weight is 367 g/mol. The number of hydrogen-bond acceptors (Lipinski definition) is 3. The Labute approximate surface area is 152 Å². The minimum Gasteiger partial charge on any atom is -0.481 e. The quantitative estimate of drug-likeness (QED) is 0.866. The molecule has 0 radical (unpaired) electrons. The Bertz CT molecular complexity index is 656. The minimum absolute atomic E-state index is 0.0124. The molecular formula is C18H23ClN2O4. The number of likely N-dealkylation sites (N-methyl/N-ethyl adjacent to an activating group) is 1. The van der Waals surface area contributed by atoms with E-state index in [1.165, 1.54) is 4.90 Å². The van der Waals surface area contributed by atoms with Crippen LogP contribution in [0.1, 0.15) is 31.2 Å². The van der Waals surface area contributed by atoms with Crippen LogP contribution in [0.4, 0.5) is 0 Å². The van der Waals surface area contributed by atoms with E-state index in [9.17, 15) is 14.4 Å². The molecule has 1 aromatic rings. The molecule has 2 rings (SSSR count). The Morgan fingerprint density at radius 2 is 1.96 bits per heavy atom. The summed E-state index contributed by atoms with van der Waals surface area (Å²) in [5.41, 5.74) is 0.805. The maximum atomic E-state index is 12.5. The van der Waals surface area contributed by atoms with Gasteiger partial charge in [0.05, 0.1) is 18.4 Å². The zero-order chi connectivity index (χ0) is 18.6. The number of benzene rings is 1. The van der Waals surface area contributed by atoms with Crippen molar-refractivity contribution < 1.29 is 19.5 Å². The molecule has 0 spiro atoms. The van der Waals surface area contributed by atoms with E-state index in [0.29, 0.717) is 31.0 Å². The van der Waals surface area contributed by atoms with Crippen LogP contribution in [0.25, 0.3) is 0 Å². The van der Waals surface area contributed by atoms with Crippen LogP contribution < -0.4 is 0 Å². The first-order chi connectivity index (χ1) is 11.8. The first-order valence-corrected chi connectivity index (χ1v) is 8.68. The fourth-order valence-corrected chi connectivity index (χ4v) is 3.20. The molecule has 1 aliphatic heterocycles. The second-order valence-corrected chi connectivity index (χ2v) is 6.90. The number of nitrogens with zero attached hydrogens (tertiary/aromatic N) is 2. The Hall–Kier alpha value is -2.08. The third kappa shape index (κ3) is 4.95. The van der Waals surface area contributed by atoms with Crippen molar-refractivity contribution in [3.63, 3.8) is 0 Å². The van der Waals surface area contributed by atoms with Gasteiger partial charge in [0.1, 0.15) is 0 Å². The summed E-state index contributed by atoms with van der Waals surface area (Å²) in [5, 5.41) is 9.57. The lowest BCUT2D eigenvalue weighted by Gasteiger charge is -2.32. The fraction of sp³-hybridized carbons (Fsp3) is 0.500. The highest BCUT2D eigenvalue weighted by molar-refractivity contribution is 6.30. The van der Waals surface area contributed by atoms with Crippen molar-refractivity contribution in [2.24, 2.45) is 5.92 Å². The van der Waals surface area contributed by atoms with Crippen LogP contribution in [0.2, 0.25) is 5.02 Å². The van der Waals surface area contributed by atoms with Gasteiger partial charge in [-0.1, -0.05) is 23.7 Å². The summed E-state index contributed by atoms with van der Waals surface area (Å²) in [6.45, 7) is 2.61. The zero-order valence-electron chi connectivity index (χ0n) is 14.4. The van der Waals surface area contributed by atoms with Crippen molar-refractivity contribution in [1.29, 1.82) is 0 Å². The summed E-state index contributed by atoms with van der Waals surface area (Å²) in [4.78, 5) is 38.9. The van der Waals surface area contributed by atoms with E-state index in [4.69, 9.17) is 16.7 Å². The molecule has 1 unspecified atom stereocenters. The molecule has 0 aliphatic carbocycles. The van der Waals surface area contributed by atoms with Crippen molar-refractivity contribution >= 4 is 29.4 Å². The number of carboxylic acid groups (broad SMARTS) is 1. The van der Waals surface area contributed by atoms with Gasteiger partial charge in [0.15, 0.2) is 0 Å². The van der Waals surface area contributed by atoms with E-state index in [0.717, 1.165) is 5.56 Å². The van der Waals surface area contributed by atoms with Gasteiger partial charge in [-0.3, -0.25) is 14.4 Å². The lowest BCUT2D eigenvalue weighted by molar-refractivity contribution is -0.146. The highest BCUT2D eigenvalue weighted by atomic mass is 35.5. The van der Waals surface area contributed by atoms with Gasteiger partial charge in [-0.15, -0.1) is 0 Å². The lowest BCUT2D eigenvalue weighted by atomic mass is 9.97. The normalized spacial score (nSPS) is 16.4. The molecule has 1 fully saturated rings. The predicted octanol–water partition coefficient (Wildman–Crippen LogP) is 2.23. The third-order valence-electron chi connectivity index (χ3n) is 4.66. The summed E-state index contributed by atoms with van der Waals surface area (Å²) < 4.78 is 0. The SMILES string of the molecule is CC(C(=O)N(C)CC(=O)N1CCC(C(=O)O)CC1)c1cccc(Cl)c1. The Balaban J connectivity index is 1.90. The van der Waals surface area contributed by atoms with E-state index in [1.807, 2.05) is 6.07 Å². The molecule has 1 saturated heterocycles. The number of likely N-dealkylation sites (tertiary alicyclic amines) is 1. The molecule has 2 amide bonds. The summed E-state index contributed by atoms with van der Waals surface area (Å²) in [6.07, 6.45) is 0.912. The molecule has 1 heterocycles. The summed E-state index contributed by atoms with van der Waals surface area (Å²) in [7, 11) is 1.60. The van der Waals surface area contributed by atoms with Gasteiger partial charge in [-0.25, -0.2) is 0 Å². The molecule has 7 heteroatoms. The van der Waals surface area contributed by atoms with Crippen molar-refractivity contribution in [2.75, 3.05) is 26.7 Å². The minimum atomic E-state index is -0.810. The second kappa shape index (κ2) is 8.34. The van der Waals surface area contributed by atoms with Gasteiger partial charge < -0.3 is 14.9 Å². The molecule has 1 aromatic carbocycles. The van der Waals surface area contributed by atoms with Crippen molar-refractivity contribution in [2.45, 2.75) is 25.7 Å². The summed E-state index contributed by atoms with van der Waals surface area (Å²) in [6, 6.07) is 7.12. The Morgan fingerprint density at radius 1 is 1.32 bits per heavy atom. The molecule has 1 aliphatic rings. The average Bonchev–Trinajstić information content (AvgIpc) is 2.60. The third-order valence-corrected chi connectivity index (χ3v) is 4.90. The molecule has 0 bridgehead atoms. The van der Waals surface area contributed by atoms with Crippen LogP contribution in [0.3, 0.4) is 0 Å². The predicted molar refractivity (Wildman–Crippen MR) is 94.4 cm³/mol. The highest BCUT2D eigenvalue weighted by Crippen LogP contribution is 2.21. The number of halogens is 1. The van der Waals surface area contributed by atoms with E-state index in [2.05, 4.69) is 0 Å². The lowest BCUT2D eigenvalue weighted by Crippen LogP contribution is -2.46. The van der Waals surface area contributed by atoms with E-state index >= 15 is 0 Å². The second-order valence-electron chi connectivity index (χ2n) is 6.46. The maximum absolute atomic E-state index is 12.5. The van der Waals surface area contributed by atoms with Crippen LogP contribution in [0.5, 0.6) is 0 Å². The number of amides is 2. The van der Waals surface area contributed by atoms with E-state index in [1.54, 1.807) is 37.1 Å². The Morgan fingerprint density at radius 3 is 2.52 bits per heavy atom. The molecule has 6 nitrogen and oxygen atoms in total. The molecule has 25 heavy (non-hydrogen) atoms. The topological polar surface area (TPSA) is 77.9 Å². The van der Waals surface area contributed by atoms with E-state index < -0.39 is 11.9 Å². The first kappa shape index (κ1) is 19.2. The van der Waals surface area contributed by atoms with Crippen molar-refractivity contribution in [1.82, 2.24) is 9.80 Å². The van der Waals surface area contributed by atoms with Gasteiger partial charge in [0.25, 0.3) is 0 Å². The largest absolute Gasteiger partial charge is 0.481 e. The molecule has 0 saturated carbocycles. The summed E-state index contributed by atoms with van der Waals surface area (Å²) >= 11 is 5.97. The number of aliphatic carboxylic acids is 1. The summed E-state index contributed by atoms with van der Waals surface area (Å²) in [5.74, 6) is -1.90. The van der Waals surface area contributed by atoms with E-state index in [-0.39, 0.29) is 24.3 Å². The number of hydrogen-bond donors (Lipinski definition) is 1. The molecule has 1 atom stereocenters. The maximum Gasteiger partial charge on any atom is 0.306 e. The number of carboxylic acids is 1. The van der Waals surface area contributed by atoms with Crippen LogP contribution >= 0.6 is 11.6 Å². The zero-order valence-corrected chi connectivity index (χ0v) is 15.2. The fourth-order valence-electron chi connectivity index (χ4n) is 3.01. The van der Waals surface area contributed by atoms with Gasteiger partial charge >= 0.3 is 5.97 Å². The number of carbonyl (C=O) groups excluding carboxylic acids is 2. The monoisotopic (exact) mass is 366 g/mol. The van der Waals surface area contributed by atoms with Crippen LogP contribution in [0, 0.1) is 5.92 Å². The standard InChI is InChI=1S/C18H23ClN2O4/c1-12(14-4-3-5-15(19)10-14)17(23)20(2)11-16(22)21-8-6-13(7-9-21)18(24)25/h3-5,10,12-13H,6-9,11H2,1-2H3,(H,24,25). The first-order valence-electron chi connectivity index (χ1n) is 8.30. The van der Waals surface area contributed by atoms with Gasteiger partial charge in [-0.2, -0.15) is 0 Å². The van der Waals surface area contributed by atoms with Gasteiger partial charge in [0, 0.05) is 25.2 Å². The van der Waals surface area contributed by atoms with Crippen molar-refractivity contribution in [3.8, 4) is 0 Å². The number of carbonyl (C=O) groups is 3. The highest BCUT2D eigenvalue weighted by Gasteiger charge is 2.28. The smallest absolute Gasteiger partial charge is 0.306 e. The van der Waals surface area contributed by atoms with Gasteiger partial charge in [0.2, 0.25) is 11.8 Å². The van der Waals surface area contributed by atoms with Crippen molar-refractivity contribution in [3.05, 3.63) is 34.9 Å². The Kier molecular flexibility index (Phi) is 6.42. The van der Waals surface area contributed by atoms with Gasteiger partial charge in [-0.05, 0) is 37.5 Å². The molecule has 1 N–H and O–H groups in total. The molecule has 136 valence electrons. The molecule has 0 aromatic heterocycles.